The molecule has 176 valence electrons. The highest BCUT2D eigenvalue weighted by atomic mass is 16.5. The molecule has 3 rings (SSSR count). The van der Waals surface area contributed by atoms with Crippen molar-refractivity contribution in [1.82, 2.24) is 9.80 Å². The highest BCUT2D eigenvalue weighted by Gasteiger charge is 2.46. The van der Waals surface area contributed by atoms with E-state index in [0.717, 1.165) is 24.2 Å². The number of likely N-dealkylation sites (tertiary alicyclic amines) is 1. The molecule has 0 saturated carbocycles. The fourth-order valence-corrected chi connectivity index (χ4v) is 4.13. The molecule has 0 aliphatic carbocycles. The fraction of sp³-hybridized carbons (Fsp3) is 0.385. The standard InChI is InChI=1S/C26H32N2O5/c1-6-27(7-2)14-15-28-23(18-10-8-17(3)9-11-18)22(25(30)26(28)31)24(29)19-12-13-20(32-4)21(16-19)33-5/h8-13,16,23,29H,6-7,14-15H2,1-5H3/b24-22-. The van der Waals surface area contributed by atoms with Crippen LogP contribution in [0.25, 0.3) is 5.76 Å². The second kappa shape index (κ2) is 10.5. The lowest BCUT2D eigenvalue weighted by atomic mass is 9.94. The Kier molecular flexibility index (Phi) is 7.76. The Balaban J connectivity index is 2.12. The van der Waals surface area contributed by atoms with Gasteiger partial charge < -0.3 is 24.4 Å². The molecule has 7 heteroatoms. The van der Waals surface area contributed by atoms with Gasteiger partial charge in [0.15, 0.2) is 11.5 Å². The number of aliphatic hydroxyl groups is 1. The number of carbonyl (C=O) groups excluding carboxylic acids is 2. The number of aryl methyl sites for hydroxylation is 1. The van der Waals surface area contributed by atoms with Crippen LogP contribution in [-0.2, 0) is 9.59 Å². The number of Topliss-reactive ketones (excluding diaryl/α,β-unsaturated/α-hetero) is 1. The summed E-state index contributed by atoms with van der Waals surface area (Å²) in [4.78, 5) is 30.0. The smallest absolute Gasteiger partial charge is 0.295 e. The summed E-state index contributed by atoms with van der Waals surface area (Å²) in [7, 11) is 3.02. The number of aliphatic hydroxyl groups excluding tert-OH is 1. The quantitative estimate of drug-likeness (QED) is 0.354. The molecule has 1 amide bonds. The zero-order valence-electron chi connectivity index (χ0n) is 19.9. The molecular weight excluding hydrogens is 420 g/mol. The predicted molar refractivity (Wildman–Crippen MR) is 128 cm³/mol. The number of benzene rings is 2. The van der Waals surface area contributed by atoms with E-state index in [1.807, 2.05) is 31.2 Å². The average Bonchev–Trinajstić information content (AvgIpc) is 3.09. The molecule has 1 aliphatic heterocycles. The summed E-state index contributed by atoms with van der Waals surface area (Å²) in [6.07, 6.45) is 0. The van der Waals surface area contributed by atoms with Crippen LogP contribution in [0.1, 0.15) is 36.6 Å². The van der Waals surface area contributed by atoms with Gasteiger partial charge in [0.2, 0.25) is 0 Å². The molecule has 2 aromatic rings. The lowest BCUT2D eigenvalue weighted by Gasteiger charge is -2.28. The van der Waals surface area contributed by atoms with E-state index in [0.29, 0.717) is 30.2 Å². The van der Waals surface area contributed by atoms with E-state index in [4.69, 9.17) is 9.47 Å². The van der Waals surface area contributed by atoms with Crippen molar-refractivity contribution < 1.29 is 24.2 Å². The topological polar surface area (TPSA) is 79.3 Å². The molecule has 1 N–H and O–H groups in total. The van der Waals surface area contributed by atoms with Crippen molar-refractivity contribution in [1.29, 1.82) is 0 Å². The Morgan fingerprint density at radius 3 is 2.21 bits per heavy atom. The van der Waals surface area contributed by atoms with Crippen molar-refractivity contribution in [3.8, 4) is 11.5 Å². The highest BCUT2D eigenvalue weighted by Crippen LogP contribution is 2.40. The zero-order valence-corrected chi connectivity index (χ0v) is 19.9. The second-order valence-corrected chi connectivity index (χ2v) is 8.00. The third kappa shape index (κ3) is 4.88. The normalized spacial score (nSPS) is 17.6. The molecular formula is C26H32N2O5. The lowest BCUT2D eigenvalue weighted by molar-refractivity contribution is -0.140. The Labute approximate surface area is 195 Å². The molecule has 0 aromatic heterocycles. The van der Waals surface area contributed by atoms with Crippen molar-refractivity contribution in [2.24, 2.45) is 0 Å². The summed E-state index contributed by atoms with van der Waals surface area (Å²) in [5, 5.41) is 11.2. The molecule has 1 atom stereocenters. The van der Waals surface area contributed by atoms with Crippen molar-refractivity contribution in [3.63, 3.8) is 0 Å². The van der Waals surface area contributed by atoms with Gasteiger partial charge in [0.1, 0.15) is 5.76 Å². The Hall–Kier alpha value is -3.32. The molecule has 0 bridgehead atoms. The molecule has 1 saturated heterocycles. The Morgan fingerprint density at radius 2 is 1.64 bits per heavy atom. The minimum absolute atomic E-state index is 0.0793. The number of amides is 1. The first-order chi connectivity index (χ1) is 15.9. The number of hydrogen-bond donors (Lipinski definition) is 1. The highest BCUT2D eigenvalue weighted by molar-refractivity contribution is 6.46. The number of hydrogen-bond acceptors (Lipinski definition) is 6. The summed E-state index contributed by atoms with van der Waals surface area (Å²) in [6, 6.07) is 11.9. The van der Waals surface area contributed by atoms with Crippen LogP contribution in [0.15, 0.2) is 48.0 Å². The fourth-order valence-electron chi connectivity index (χ4n) is 4.13. The van der Waals surface area contributed by atoms with Gasteiger partial charge >= 0.3 is 0 Å². The maximum absolute atomic E-state index is 13.2. The van der Waals surface area contributed by atoms with Crippen LogP contribution in [0.5, 0.6) is 11.5 Å². The molecule has 1 fully saturated rings. The van der Waals surface area contributed by atoms with Gasteiger partial charge in [-0.25, -0.2) is 0 Å². The first kappa shape index (κ1) is 24.3. The Bertz CT molecular complexity index is 1040. The molecule has 0 radical (unpaired) electrons. The number of carbonyl (C=O) groups is 2. The van der Waals surface area contributed by atoms with Crippen LogP contribution in [0.4, 0.5) is 0 Å². The number of rotatable bonds is 9. The maximum atomic E-state index is 13.2. The molecule has 33 heavy (non-hydrogen) atoms. The van der Waals surface area contributed by atoms with E-state index in [-0.39, 0.29) is 11.3 Å². The van der Waals surface area contributed by atoms with Crippen LogP contribution in [0, 0.1) is 6.92 Å². The number of likely N-dealkylation sites (N-methyl/N-ethyl adjacent to an activating group) is 1. The molecule has 2 aromatic carbocycles. The SMILES string of the molecule is CCN(CC)CCN1C(=O)C(=O)/C(=C(\O)c2ccc(OC)c(OC)c2)C1c1ccc(C)cc1. The minimum Gasteiger partial charge on any atom is -0.507 e. The van der Waals surface area contributed by atoms with E-state index in [1.54, 1.807) is 23.1 Å². The average molecular weight is 453 g/mol. The van der Waals surface area contributed by atoms with Gasteiger partial charge in [0.25, 0.3) is 11.7 Å². The number of nitrogens with zero attached hydrogens (tertiary/aromatic N) is 2. The van der Waals surface area contributed by atoms with Crippen LogP contribution in [0.3, 0.4) is 0 Å². The largest absolute Gasteiger partial charge is 0.507 e. The van der Waals surface area contributed by atoms with Crippen LogP contribution in [0.2, 0.25) is 0 Å². The number of methoxy groups -OCH3 is 2. The van der Waals surface area contributed by atoms with Gasteiger partial charge in [-0.05, 0) is 43.8 Å². The minimum atomic E-state index is -0.688. The van der Waals surface area contributed by atoms with Gasteiger partial charge in [0.05, 0.1) is 25.8 Å². The number of ether oxygens (including phenoxy) is 2. The van der Waals surface area contributed by atoms with Gasteiger partial charge in [-0.15, -0.1) is 0 Å². The third-order valence-corrected chi connectivity index (χ3v) is 6.14. The van der Waals surface area contributed by atoms with E-state index in [2.05, 4.69) is 18.7 Å². The van der Waals surface area contributed by atoms with Gasteiger partial charge in [0, 0.05) is 18.7 Å². The van der Waals surface area contributed by atoms with Gasteiger partial charge in [-0.1, -0.05) is 43.7 Å². The Morgan fingerprint density at radius 1 is 1.00 bits per heavy atom. The third-order valence-electron chi connectivity index (χ3n) is 6.14. The van der Waals surface area contributed by atoms with Crippen LogP contribution >= 0.6 is 0 Å². The molecule has 7 nitrogen and oxygen atoms in total. The molecule has 1 unspecified atom stereocenters. The van der Waals surface area contributed by atoms with Gasteiger partial charge in [-0.3, -0.25) is 9.59 Å². The summed E-state index contributed by atoms with van der Waals surface area (Å²) in [5.74, 6) is -0.597. The molecule has 0 spiro atoms. The summed E-state index contributed by atoms with van der Waals surface area (Å²) in [6.45, 7) is 8.82. The predicted octanol–water partition coefficient (Wildman–Crippen LogP) is 3.78. The summed E-state index contributed by atoms with van der Waals surface area (Å²) < 4.78 is 10.6. The van der Waals surface area contributed by atoms with E-state index in [9.17, 15) is 14.7 Å². The molecule has 1 heterocycles. The van der Waals surface area contributed by atoms with Gasteiger partial charge in [-0.2, -0.15) is 0 Å². The monoisotopic (exact) mass is 452 g/mol. The summed E-state index contributed by atoms with van der Waals surface area (Å²) in [5.41, 5.74) is 2.31. The first-order valence-electron chi connectivity index (χ1n) is 11.2. The van der Waals surface area contributed by atoms with Crippen molar-refractivity contribution in [2.75, 3.05) is 40.4 Å². The van der Waals surface area contributed by atoms with Crippen molar-refractivity contribution in [2.45, 2.75) is 26.8 Å². The van der Waals surface area contributed by atoms with E-state index < -0.39 is 17.7 Å². The maximum Gasteiger partial charge on any atom is 0.295 e. The summed E-state index contributed by atoms with van der Waals surface area (Å²) >= 11 is 0. The molecule has 1 aliphatic rings. The second-order valence-electron chi connectivity index (χ2n) is 8.00. The van der Waals surface area contributed by atoms with Crippen molar-refractivity contribution >= 4 is 17.4 Å². The first-order valence-corrected chi connectivity index (χ1v) is 11.2. The lowest BCUT2D eigenvalue weighted by Crippen LogP contribution is -2.38. The van der Waals surface area contributed by atoms with E-state index >= 15 is 0 Å². The van der Waals surface area contributed by atoms with Crippen LogP contribution in [-0.4, -0.2) is 67.0 Å². The van der Waals surface area contributed by atoms with Crippen molar-refractivity contribution in [3.05, 3.63) is 64.7 Å². The number of ketones is 1. The van der Waals surface area contributed by atoms with E-state index in [1.165, 1.54) is 14.2 Å². The van der Waals surface area contributed by atoms with Crippen LogP contribution < -0.4 is 9.47 Å². The zero-order chi connectivity index (χ0) is 24.1.